The Bertz CT molecular complexity index is 501. The van der Waals surface area contributed by atoms with E-state index >= 15 is 0 Å². The molecule has 4 heteroatoms. The standard InChI is InChI=1S/C16H24N2OS/c1-18(9-12-8-10-5-6-11(12)7-10)16-17-13-3-2-4-14(19)15(13)20-16/h10-12,14,19H,2-9H2,1H3. The van der Waals surface area contributed by atoms with Crippen LogP contribution in [0, 0.1) is 17.8 Å². The predicted molar refractivity (Wildman–Crippen MR) is 82.2 cm³/mol. The largest absolute Gasteiger partial charge is 0.388 e. The van der Waals surface area contributed by atoms with Gasteiger partial charge < -0.3 is 10.0 Å². The molecule has 0 aliphatic heterocycles. The zero-order valence-corrected chi connectivity index (χ0v) is 13.0. The van der Waals surface area contributed by atoms with E-state index in [4.69, 9.17) is 4.98 Å². The lowest BCUT2D eigenvalue weighted by molar-refractivity contribution is 0.160. The first-order chi connectivity index (χ1) is 9.70. The highest BCUT2D eigenvalue weighted by molar-refractivity contribution is 7.15. The molecule has 4 atom stereocenters. The van der Waals surface area contributed by atoms with Crippen molar-refractivity contribution in [2.24, 2.45) is 17.8 Å². The van der Waals surface area contributed by atoms with Crippen LogP contribution in [-0.2, 0) is 6.42 Å². The second kappa shape index (κ2) is 4.99. The van der Waals surface area contributed by atoms with Gasteiger partial charge in [0.1, 0.15) is 0 Å². The van der Waals surface area contributed by atoms with Crippen molar-refractivity contribution in [1.29, 1.82) is 0 Å². The summed E-state index contributed by atoms with van der Waals surface area (Å²) in [5, 5.41) is 11.2. The molecule has 1 N–H and O–H groups in total. The Morgan fingerprint density at radius 2 is 2.20 bits per heavy atom. The summed E-state index contributed by atoms with van der Waals surface area (Å²) in [5.41, 5.74) is 1.16. The van der Waals surface area contributed by atoms with Crippen molar-refractivity contribution in [3.63, 3.8) is 0 Å². The van der Waals surface area contributed by atoms with Gasteiger partial charge in [-0.3, -0.25) is 0 Å². The van der Waals surface area contributed by atoms with Crippen LogP contribution in [0.15, 0.2) is 0 Å². The molecule has 3 aliphatic rings. The summed E-state index contributed by atoms with van der Waals surface area (Å²) in [6.45, 7) is 1.16. The minimum Gasteiger partial charge on any atom is -0.388 e. The van der Waals surface area contributed by atoms with E-state index in [0.717, 1.165) is 59.3 Å². The molecule has 0 spiro atoms. The van der Waals surface area contributed by atoms with Gasteiger partial charge in [0.2, 0.25) is 0 Å². The number of anilines is 1. The third-order valence-corrected chi connectivity index (χ3v) is 6.94. The highest BCUT2D eigenvalue weighted by Gasteiger charge is 2.40. The van der Waals surface area contributed by atoms with Crippen molar-refractivity contribution in [1.82, 2.24) is 4.98 Å². The molecule has 110 valence electrons. The van der Waals surface area contributed by atoms with Gasteiger partial charge >= 0.3 is 0 Å². The van der Waals surface area contributed by atoms with Crippen LogP contribution in [0.1, 0.15) is 55.2 Å². The van der Waals surface area contributed by atoms with Crippen LogP contribution in [0.4, 0.5) is 5.13 Å². The SMILES string of the molecule is CN(CC1CC2CCC1C2)c1nc2c(s1)C(O)CCC2. The molecule has 2 saturated carbocycles. The van der Waals surface area contributed by atoms with Crippen LogP contribution in [0.5, 0.6) is 0 Å². The smallest absolute Gasteiger partial charge is 0.185 e. The third kappa shape index (κ3) is 2.17. The van der Waals surface area contributed by atoms with Crippen molar-refractivity contribution in [3.8, 4) is 0 Å². The molecular formula is C16H24N2OS. The second-order valence-electron chi connectivity index (χ2n) is 7.03. The van der Waals surface area contributed by atoms with E-state index in [1.165, 1.54) is 25.7 Å². The van der Waals surface area contributed by atoms with Crippen LogP contribution in [0.2, 0.25) is 0 Å². The van der Waals surface area contributed by atoms with E-state index in [9.17, 15) is 5.11 Å². The first-order valence-electron chi connectivity index (χ1n) is 8.09. The van der Waals surface area contributed by atoms with Gasteiger partial charge in [-0.05, 0) is 56.3 Å². The molecule has 4 rings (SSSR count). The molecule has 3 aliphatic carbocycles. The summed E-state index contributed by atoms with van der Waals surface area (Å²) < 4.78 is 0. The Hall–Kier alpha value is -0.610. The molecule has 2 fully saturated rings. The number of aliphatic hydroxyl groups excluding tert-OH is 1. The van der Waals surface area contributed by atoms with Crippen molar-refractivity contribution < 1.29 is 5.11 Å². The fraction of sp³-hybridized carbons (Fsp3) is 0.812. The molecule has 20 heavy (non-hydrogen) atoms. The van der Waals surface area contributed by atoms with Crippen molar-refractivity contribution in [2.75, 3.05) is 18.5 Å². The van der Waals surface area contributed by atoms with E-state index in [2.05, 4.69) is 11.9 Å². The summed E-state index contributed by atoms with van der Waals surface area (Å²) in [4.78, 5) is 8.27. The summed E-state index contributed by atoms with van der Waals surface area (Å²) >= 11 is 1.72. The van der Waals surface area contributed by atoms with E-state index in [-0.39, 0.29) is 6.10 Å². The molecule has 4 unspecified atom stereocenters. The van der Waals surface area contributed by atoms with Gasteiger partial charge in [-0.2, -0.15) is 0 Å². The summed E-state index contributed by atoms with van der Waals surface area (Å²) in [5.74, 6) is 2.87. The highest BCUT2D eigenvalue weighted by atomic mass is 32.1. The maximum Gasteiger partial charge on any atom is 0.185 e. The topological polar surface area (TPSA) is 36.4 Å². The molecule has 3 nitrogen and oxygen atoms in total. The maximum absolute atomic E-state index is 10.1. The molecule has 1 aromatic heterocycles. The Morgan fingerprint density at radius 1 is 1.30 bits per heavy atom. The number of aromatic nitrogens is 1. The lowest BCUT2D eigenvalue weighted by Crippen LogP contribution is -2.28. The monoisotopic (exact) mass is 292 g/mol. The van der Waals surface area contributed by atoms with Crippen LogP contribution >= 0.6 is 11.3 Å². The molecule has 2 bridgehead atoms. The fourth-order valence-electron chi connectivity index (χ4n) is 4.58. The van der Waals surface area contributed by atoms with Gasteiger partial charge in [0.25, 0.3) is 0 Å². The van der Waals surface area contributed by atoms with Crippen molar-refractivity contribution in [3.05, 3.63) is 10.6 Å². The lowest BCUT2D eigenvalue weighted by Gasteiger charge is -2.26. The molecular weight excluding hydrogens is 268 g/mol. The number of nitrogens with zero attached hydrogens (tertiary/aromatic N) is 2. The van der Waals surface area contributed by atoms with Gasteiger partial charge in [0.15, 0.2) is 5.13 Å². The van der Waals surface area contributed by atoms with Gasteiger partial charge in [-0.25, -0.2) is 4.98 Å². The molecule has 0 radical (unpaired) electrons. The van der Waals surface area contributed by atoms with E-state index in [1.807, 2.05) is 0 Å². The Labute approximate surface area is 125 Å². The van der Waals surface area contributed by atoms with Gasteiger partial charge in [-0.1, -0.05) is 17.8 Å². The number of rotatable bonds is 3. The first-order valence-corrected chi connectivity index (χ1v) is 8.91. The van der Waals surface area contributed by atoms with Crippen LogP contribution < -0.4 is 4.90 Å². The number of aliphatic hydroxyl groups is 1. The minimum atomic E-state index is -0.263. The number of hydrogen-bond donors (Lipinski definition) is 1. The lowest BCUT2D eigenvalue weighted by atomic mass is 9.88. The number of thiazole rings is 1. The van der Waals surface area contributed by atoms with Crippen molar-refractivity contribution >= 4 is 16.5 Å². The van der Waals surface area contributed by atoms with E-state index < -0.39 is 0 Å². The zero-order valence-electron chi connectivity index (χ0n) is 12.2. The van der Waals surface area contributed by atoms with E-state index in [1.54, 1.807) is 11.3 Å². The minimum absolute atomic E-state index is 0.263. The maximum atomic E-state index is 10.1. The Kier molecular flexibility index (Phi) is 3.26. The fourth-order valence-corrected chi connectivity index (χ4v) is 5.68. The zero-order chi connectivity index (χ0) is 13.7. The summed E-state index contributed by atoms with van der Waals surface area (Å²) in [6, 6.07) is 0. The number of aryl methyl sites for hydroxylation is 1. The Balaban J connectivity index is 1.47. The Morgan fingerprint density at radius 3 is 2.90 bits per heavy atom. The number of fused-ring (bicyclic) bond motifs is 3. The normalized spacial score (nSPS) is 35.3. The predicted octanol–water partition coefficient (Wildman–Crippen LogP) is 3.39. The molecule has 0 aromatic carbocycles. The van der Waals surface area contributed by atoms with Crippen molar-refractivity contribution in [2.45, 2.75) is 51.0 Å². The van der Waals surface area contributed by atoms with Gasteiger partial charge in [0.05, 0.1) is 16.7 Å². The molecule has 0 saturated heterocycles. The van der Waals surface area contributed by atoms with E-state index in [0.29, 0.717) is 0 Å². The number of hydrogen-bond acceptors (Lipinski definition) is 4. The summed E-state index contributed by atoms with van der Waals surface area (Å²) in [7, 11) is 2.18. The van der Waals surface area contributed by atoms with Crippen LogP contribution in [0.3, 0.4) is 0 Å². The quantitative estimate of drug-likeness (QED) is 0.928. The summed E-state index contributed by atoms with van der Waals surface area (Å²) in [6.07, 6.45) is 8.61. The average molecular weight is 292 g/mol. The average Bonchev–Trinajstić information content (AvgIpc) is 3.12. The van der Waals surface area contributed by atoms with Gasteiger partial charge in [0, 0.05) is 13.6 Å². The molecule has 1 heterocycles. The molecule has 0 amide bonds. The highest BCUT2D eigenvalue weighted by Crippen LogP contribution is 2.49. The third-order valence-electron chi connectivity index (χ3n) is 5.63. The molecule has 1 aromatic rings. The van der Waals surface area contributed by atoms with Crippen LogP contribution in [-0.4, -0.2) is 23.7 Å². The second-order valence-corrected chi connectivity index (χ2v) is 8.04. The van der Waals surface area contributed by atoms with Crippen LogP contribution in [0.25, 0.3) is 0 Å². The van der Waals surface area contributed by atoms with Gasteiger partial charge in [-0.15, -0.1) is 0 Å². The first kappa shape index (κ1) is 13.1.